The number of hydrogen-bond donors (Lipinski definition) is 1. The van der Waals surface area contributed by atoms with Crippen LogP contribution in [0.15, 0.2) is 12.3 Å². The smallest absolute Gasteiger partial charge is 0.148 e. The highest BCUT2D eigenvalue weighted by atomic mass is 15.0. The Bertz CT molecular complexity index is 354. The topological polar surface area (TPSA) is 51.8 Å². The molecule has 16 heavy (non-hydrogen) atoms. The van der Waals surface area contributed by atoms with Crippen LogP contribution in [0.1, 0.15) is 63.4 Å². The normalized spacial score (nSPS) is 20.0. The molecule has 0 unspecified atom stereocenters. The van der Waals surface area contributed by atoms with Gasteiger partial charge in [-0.3, -0.25) is 0 Å². The quantitative estimate of drug-likeness (QED) is 0.832. The summed E-state index contributed by atoms with van der Waals surface area (Å²) in [5.74, 6) is 1.28. The van der Waals surface area contributed by atoms with Crippen molar-refractivity contribution in [2.75, 3.05) is 0 Å². The van der Waals surface area contributed by atoms with Gasteiger partial charge in [0.2, 0.25) is 0 Å². The van der Waals surface area contributed by atoms with Gasteiger partial charge >= 0.3 is 0 Å². The molecule has 1 aromatic rings. The van der Waals surface area contributed by atoms with Gasteiger partial charge in [0.25, 0.3) is 0 Å². The van der Waals surface area contributed by atoms with Gasteiger partial charge in [-0.15, -0.1) is 0 Å². The molecule has 3 nitrogen and oxygen atoms in total. The molecule has 3 heteroatoms. The lowest BCUT2D eigenvalue weighted by molar-refractivity contribution is 0.286. The van der Waals surface area contributed by atoms with Crippen molar-refractivity contribution in [2.45, 2.75) is 57.4 Å². The minimum absolute atomic E-state index is 0.275. The van der Waals surface area contributed by atoms with Crippen LogP contribution in [0.3, 0.4) is 0 Å². The highest BCUT2D eigenvalue weighted by Crippen LogP contribution is 2.32. The summed E-state index contributed by atoms with van der Waals surface area (Å²) in [4.78, 5) is 9.01. The lowest BCUT2D eigenvalue weighted by Gasteiger charge is -2.32. The summed E-state index contributed by atoms with van der Waals surface area (Å²) in [5.41, 5.74) is 7.25. The molecule has 0 spiro atoms. The molecule has 0 radical (unpaired) electrons. The van der Waals surface area contributed by atoms with Gasteiger partial charge in [0.1, 0.15) is 5.82 Å². The predicted octanol–water partition coefficient (Wildman–Crippen LogP) is 2.72. The van der Waals surface area contributed by atoms with E-state index in [9.17, 15) is 0 Å². The maximum Gasteiger partial charge on any atom is 0.148 e. The molecule has 2 rings (SSSR count). The molecule has 0 aromatic carbocycles. The summed E-state index contributed by atoms with van der Waals surface area (Å²) in [6.07, 6.45) is 7.59. The minimum atomic E-state index is -0.275. The Balaban J connectivity index is 2.28. The standard InChI is InChI=1S/C13H21N3/c1-10(2)11-6-9-15-12(16-11)13(14)7-4-3-5-8-13/h6,9-10H,3-5,7-8,14H2,1-2H3. The van der Waals surface area contributed by atoms with Crippen LogP contribution in [0.5, 0.6) is 0 Å². The molecule has 0 atom stereocenters. The first-order valence-electron chi connectivity index (χ1n) is 6.24. The second-order valence-corrected chi connectivity index (χ2v) is 5.18. The van der Waals surface area contributed by atoms with Crippen LogP contribution < -0.4 is 5.73 Å². The average Bonchev–Trinajstić information content (AvgIpc) is 2.30. The van der Waals surface area contributed by atoms with Crippen LogP contribution in [-0.2, 0) is 5.54 Å². The SMILES string of the molecule is CC(C)c1ccnc(C2(N)CCCCC2)n1. The minimum Gasteiger partial charge on any atom is -0.319 e. The van der Waals surface area contributed by atoms with Gasteiger partial charge in [-0.25, -0.2) is 9.97 Å². The third-order valence-corrected chi connectivity index (χ3v) is 3.46. The molecule has 0 amide bonds. The molecule has 1 aliphatic rings. The van der Waals surface area contributed by atoms with E-state index in [1.165, 1.54) is 19.3 Å². The number of aromatic nitrogens is 2. The van der Waals surface area contributed by atoms with Crippen LogP contribution in [0.2, 0.25) is 0 Å². The highest BCUT2D eigenvalue weighted by Gasteiger charge is 2.32. The van der Waals surface area contributed by atoms with E-state index in [4.69, 9.17) is 5.73 Å². The number of nitrogens with zero attached hydrogens (tertiary/aromatic N) is 2. The van der Waals surface area contributed by atoms with Gasteiger partial charge in [-0.2, -0.15) is 0 Å². The Morgan fingerprint density at radius 1 is 1.25 bits per heavy atom. The second kappa shape index (κ2) is 4.50. The third-order valence-electron chi connectivity index (χ3n) is 3.46. The van der Waals surface area contributed by atoms with Gasteiger partial charge in [-0.1, -0.05) is 33.1 Å². The van der Waals surface area contributed by atoms with Crippen LogP contribution in [0, 0.1) is 0 Å². The molecular weight excluding hydrogens is 198 g/mol. The molecule has 1 saturated carbocycles. The zero-order valence-electron chi connectivity index (χ0n) is 10.2. The van der Waals surface area contributed by atoms with Gasteiger partial charge < -0.3 is 5.73 Å². The van der Waals surface area contributed by atoms with E-state index in [2.05, 4.69) is 23.8 Å². The van der Waals surface area contributed by atoms with Gasteiger partial charge in [0, 0.05) is 11.9 Å². The fourth-order valence-corrected chi connectivity index (χ4v) is 2.34. The van der Waals surface area contributed by atoms with Crippen molar-refractivity contribution in [3.8, 4) is 0 Å². The van der Waals surface area contributed by atoms with Crippen molar-refractivity contribution >= 4 is 0 Å². The van der Waals surface area contributed by atoms with E-state index in [1.807, 2.05) is 12.3 Å². The van der Waals surface area contributed by atoms with Crippen LogP contribution >= 0.6 is 0 Å². The van der Waals surface area contributed by atoms with E-state index >= 15 is 0 Å². The first-order valence-corrected chi connectivity index (χ1v) is 6.24. The lowest BCUT2D eigenvalue weighted by Crippen LogP contribution is -2.40. The Kier molecular flexibility index (Phi) is 3.24. The molecule has 1 heterocycles. The summed E-state index contributed by atoms with van der Waals surface area (Å²) in [6, 6.07) is 1.99. The number of nitrogens with two attached hydrogens (primary N) is 1. The molecule has 1 aromatic heterocycles. The van der Waals surface area contributed by atoms with E-state index in [0.717, 1.165) is 24.4 Å². The summed E-state index contributed by atoms with van der Waals surface area (Å²) < 4.78 is 0. The fourth-order valence-electron chi connectivity index (χ4n) is 2.34. The van der Waals surface area contributed by atoms with Crippen LogP contribution in [0.25, 0.3) is 0 Å². The maximum atomic E-state index is 6.42. The molecule has 2 N–H and O–H groups in total. The van der Waals surface area contributed by atoms with Gasteiger partial charge in [-0.05, 0) is 24.8 Å². The Labute approximate surface area is 97.5 Å². The molecule has 88 valence electrons. The molecular formula is C13H21N3. The van der Waals surface area contributed by atoms with Crippen molar-refractivity contribution in [1.29, 1.82) is 0 Å². The third kappa shape index (κ3) is 2.24. The summed E-state index contributed by atoms with van der Waals surface area (Å²) in [5, 5.41) is 0. The first-order chi connectivity index (χ1) is 7.62. The molecule has 0 aliphatic heterocycles. The molecule has 1 fully saturated rings. The Hall–Kier alpha value is -0.960. The van der Waals surface area contributed by atoms with Gasteiger partial charge in [0.05, 0.1) is 5.54 Å². The number of rotatable bonds is 2. The van der Waals surface area contributed by atoms with E-state index < -0.39 is 0 Å². The van der Waals surface area contributed by atoms with Crippen LogP contribution in [-0.4, -0.2) is 9.97 Å². The largest absolute Gasteiger partial charge is 0.319 e. The van der Waals surface area contributed by atoms with E-state index in [0.29, 0.717) is 5.92 Å². The fraction of sp³-hybridized carbons (Fsp3) is 0.692. The lowest BCUT2D eigenvalue weighted by atomic mass is 9.82. The zero-order valence-corrected chi connectivity index (χ0v) is 10.2. The zero-order chi connectivity index (χ0) is 11.6. The summed E-state index contributed by atoms with van der Waals surface area (Å²) >= 11 is 0. The predicted molar refractivity (Wildman–Crippen MR) is 65.1 cm³/mol. The average molecular weight is 219 g/mol. The second-order valence-electron chi connectivity index (χ2n) is 5.18. The molecule has 0 saturated heterocycles. The number of hydrogen-bond acceptors (Lipinski definition) is 3. The van der Waals surface area contributed by atoms with Crippen molar-refractivity contribution in [3.05, 3.63) is 23.8 Å². The van der Waals surface area contributed by atoms with Crippen molar-refractivity contribution in [2.24, 2.45) is 5.73 Å². The van der Waals surface area contributed by atoms with Crippen LogP contribution in [0.4, 0.5) is 0 Å². The van der Waals surface area contributed by atoms with Crippen molar-refractivity contribution in [3.63, 3.8) is 0 Å². The summed E-state index contributed by atoms with van der Waals surface area (Å²) in [6.45, 7) is 4.30. The maximum absolute atomic E-state index is 6.42. The monoisotopic (exact) mass is 219 g/mol. The van der Waals surface area contributed by atoms with E-state index in [1.54, 1.807) is 0 Å². The van der Waals surface area contributed by atoms with Crippen molar-refractivity contribution < 1.29 is 0 Å². The highest BCUT2D eigenvalue weighted by molar-refractivity contribution is 5.13. The van der Waals surface area contributed by atoms with E-state index in [-0.39, 0.29) is 5.54 Å². The Morgan fingerprint density at radius 3 is 2.56 bits per heavy atom. The van der Waals surface area contributed by atoms with Crippen molar-refractivity contribution in [1.82, 2.24) is 9.97 Å². The Morgan fingerprint density at radius 2 is 1.94 bits per heavy atom. The first kappa shape index (κ1) is 11.5. The summed E-state index contributed by atoms with van der Waals surface area (Å²) in [7, 11) is 0. The molecule has 0 bridgehead atoms. The molecule has 1 aliphatic carbocycles. The van der Waals surface area contributed by atoms with Gasteiger partial charge in [0.15, 0.2) is 0 Å².